The van der Waals surface area contributed by atoms with Crippen molar-refractivity contribution in [3.63, 3.8) is 0 Å². The van der Waals surface area contributed by atoms with E-state index in [9.17, 15) is 5.11 Å². The molecule has 3 aliphatic rings. The Morgan fingerprint density at radius 2 is 1.95 bits per heavy atom. The van der Waals surface area contributed by atoms with Crippen LogP contribution in [-0.2, 0) is 0 Å². The molecule has 0 spiro atoms. The topological polar surface area (TPSA) is 29.5 Å². The van der Waals surface area contributed by atoms with Crippen molar-refractivity contribution in [3.8, 4) is 5.75 Å². The van der Waals surface area contributed by atoms with Gasteiger partial charge in [-0.25, -0.2) is 0 Å². The lowest BCUT2D eigenvalue weighted by atomic mass is 9.95. The Hall–Kier alpha value is -0.540. The number of ether oxygens (including phenoxy) is 1. The van der Waals surface area contributed by atoms with E-state index in [4.69, 9.17) is 4.74 Å². The first-order valence-corrected chi connectivity index (χ1v) is 8.01. The Balaban J connectivity index is 1.56. The third-order valence-electron chi connectivity index (χ3n) is 5.68. The molecular weight excluding hydrogens is 304 g/mol. The summed E-state index contributed by atoms with van der Waals surface area (Å²) in [4.78, 5) is 0. The van der Waals surface area contributed by atoms with Crippen LogP contribution in [0.15, 0.2) is 22.7 Å². The summed E-state index contributed by atoms with van der Waals surface area (Å²) in [5, 5.41) is 10.7. The number of fused-ring (bicyclic) bond motifs is 5. The third kappa shape index (κ3) is 1.71. The van der Waals surface area contributed by atoms with Crippen LogP contribution >= 0.6 is 15.9 Å². The largest absolute Gasteiger partial charge is 0.496 e. The zero-order valence-electron chi connectivity index (χ0n) is 11.1. The van der Waals surface area contributed by atoms with Crippen molar-refractivity contribution in [1.29, 1.82) is 0 Å². The fourth-order valence-corrected chi connectivity index (χ4v) is 5.46. The quantitative estimate of drug-likeness (QED) is 0.917. The van der Waals surface area contributed by atoms with E-state index >= 15 is 0 Å². The number of hydrogen-bond acceptors (Lipinski definition) is 2. The lowest BCUT2D eigenvalue weighted by molar-refractivity contribution is 0.130. The number of halogens is 1. The van der Waals surface area contributed by atoms with Crippen LogP contribution in [-0.4, -0.2) is 12.2 Å². The molecule has 1 aromatic carbocycles. The highest BCUT2D eigenvalue weighted by Gasteiger charge is 2.66. The average molecular weight is 323 g/mol. The minimum Gasteiger partial charge on any atom is -0.496 e. The third-order valence-corrected chi connectivity index (χ3v) is 6.30. The van der Waals surface area contributed by atoms with Crippen LogP contribution in [0.2, 0.25) is 0 Å². The number of benzene rings is 1. The lowest BCUT2D eigenvalue weighted by Gasteiger charge is -2.16. The van der Waals surface area contributed by atoms with E-state index in [0.29, 0.717) is 5.92 Å². The van der Waals surface area contributed by atoms with E-state index in [-0.39, 0.29) is 6.10 Å². The van der Waals surface area contributed by atoms with Crippen molar-refractivity contribution in [1.82, 2.24) is 0 Å². The maximum atomic E-state index is 10.7. The predicted molar refractivity (Wildman–Crippen MR) is 77.0 cm³/mol. The van der Waals surface area contributed by atoms with Gasteiger partial charge in [-0.3, -0.25) is 0 Å². The second kappa shape index (κ2) is 4.23. The number of rotatable bonds is 3. The van der Waals surface area contributed by atoms with Crippen LogP contribution in [0.4, 0.5) is 0 Å². The Kier molecular flexibility index (Phi) is 2.72. The highest BCUT2D eigenvalue weighted by atomic mass is 79.9. The van der Waals surface area contributed by atoms with Crippen LogP contribution in [0.5, 0.6) is 5.75 Å². The van der Waals surface area contributed by atoms with Gasteiger partial charge in [0.1, 0.15) is 5.75 Å². The molecule has 1 aromatic rings. The molecule has 0 heterocycles. The average Bonchev–Trinajstić information content (AvgIpc) is 2.85. The molecule has 0 radical (unpaired) electrons. The van der Waals surface area contributed by atoms with Gasteiger partial charge < -0.3 is 9.84 Å². The van der Waals surface area contributed by atoms with E-state index in [0.717, 1.165) is 39.5 Å². The first-order chi connectivity index (χ1) is 9.20. The molecule has 2 bridgehead atoms. The van der Waals surface area contributed by atoms with Crippen LogP contribution < -0.4 is 4.74 Å². The molecule has 0 saturated heterocycles. The van der Waals surface area contributed by atoms with E-state index in [2.05, 4.69) is 15.9 Å². The fourth-order valence-electron chi connectivity index (χ4n) is 4.90. The normalized spacial score (nSPS) is 40.1. The zero-order valence-corrected chi connectivity index (χ0v) is 12.6. The molecule has 0 aliphatic heterocycles. The predicted octanol–water partition coefficient (Wildman–Crippen LogP) is 3.78. The molecule has 19 heavy (non-hydrogen) atoms. The molecule has 3 aliphatic carbocycles. The van der Waals surface area contributed by atoms with Crippen LogP contribution in [0.25, 0.3) is 0 Å². The molecule has 0 amide bonds. The van der Waals surface area contributed by atoms with Gasteiger partial charge in [0.05, 0.1) is 17.7 Å². The molecule has 102 valence electrons. The Bertz CT molecular complexity index is 499. The molecule has 5 atom stereocenters. The minimum absolute atomic E-state index is 0.291. The number of aliphatic hydroxyl groups excluding tert-OH is 1. The van der Waals surface area contributed by atoms with Gasteiger partial charge in [0, 0.05) is 0 Å². The first-order valence-electron chi connectivity index (χ1n) is 7.22. The first kappa shape index (κ1) is 12.2. The van der Waals surface area contributed by atoms with Gasteiger partial charge in [0.2, 0.25) is 0 Å². The minimum atomic E-state index is -0.291. The van der Waals surface area contributed by atoms with E-state index < -0.39 is 0 Å². The van der Waals surface area contributed by atoms with Crippen LogP contribution in [0.1, 0.15) is 30.9 Å². The lowest BCUT2D eigenvalue weighted by Crippen LogP contribution is -2.08. The van der Waals surface area contributed by atoms with Gasteiger partial charge in [-0.1, -0.05) is 6.07 Å². The van der Waals surface area contributed by atoms with Crippen LogP contribution in [0.3, 0.4) is 0 Å². The van der Waals surface area contributed by atoms with Crippen molar-refractivity contribution in [2.24, 2.45) is 29.6 Å². The molecule has 5 unspecified atom stereocenters. The molecule has 3 fully saturated rings. The van der Waals surface area contributed by atoms with Gasteiger partial charge in [-0.2, -0.15) is 0 Å². The number of aliphatic hydroxyl groups is 1. The number of hydrogen-bond donors (Lipinski definition) is 1. The summed E-state index contributed by atoms with van der Waals surface area (Å²) in [6.45, 7) is 0. The second-order valence-electron chi connectivity index (χ2n) is 6.40. The summed E-state index contributed by atoms with van der Waals surface area (Å²) >= 11 is 3.51. The van der Waals surface area contributed by atoms with Gasteiger partial charge in [-0.15, -0.1) is 0 Å². The SMILES string of the molecule is COc1ccc(C(O)C2C3C4CCC(C4)C32)cc1Br. The van der Waals surface area contributed by atoms with Crippen molar-refractivity contribution in [3.05, 3.63) is 28.2 Å². The maximum Gasteiger partial charge on any atom is 0.133 e. The molecule has 3 saturated carbocycles. The smallest absolute Gasteiger partial charge is 0.133 e. The van der Waals surface area contributed by atoms with Crippen LogP contribution in [0, 0.1) is 29.6 Å². The summed E-state index contributed by atoms with van der Waals surface area (Å²) in [6, 6.07) is 5.96. The highest BCUT2D eigenvalue weighted by Crippen LogP contribution is 2.72. The maximum absolute atomic E-state index is 10.7. The molecule has 2 nitrogen and oxygen atoms in total. The second-order valence-corrected chi connectivity index (χ2v) is 7.26. The van der Waals surface area contributed by atoms with E-state index in [1.807, 2.05) is 18.2 Å². The summed E-state index contributed by atoms with van der Waals surface area (Å²) in [5.41, 5.74) is 1.03. The molecular formula is C16H19BrO2. The van der Waals surface area contributed by atoms with Crippen molar-refractivity contribution in [2.45, 2.75) is 25.4 Å². The van der Waals surface area contributed by atoms with Gasteiger partial charge in [0.25, 0.3) is 0 Å². The summed E-state index contributed by atoms with van der Waals surface area (Å²) in [7, 11) is 1.67. The Morgan fingerprint density at radius 3 is 2.53 bits per heavy atom. The number of methoxy groups -OCH3 is 1. The van der Waals surface area contributed by atoms with E-state index in [1.54, 1.807) is 7.11 Å². The zero-order chi connectivity index (χ0) is 13.1. The monoisotopic (exact) mass is 322 g/mol. The van der Waals surface area contributed by atoms with E-state index in [1.165, 1.54) is 19.3 Å². The summed E-state index contributed by atoms with van der Waals surface area (Å²) < 4.78 is 6.18. The van der Waals surface area contributed by atoms with Gasteiger partial charge in [0.15, 0.2) is 0 Å². The van der Waals surface area contributed by atoms with Crippen molar-refractivity contribution < 1.29 is 9.84 Å². The van der Waals surface area contributed by atoms with Crippen molar-refractivity contribution >= 4 is 15.9 Å². The molecule has 3 heteroatoms. The highest BCUT2D eigenvalue weighted by molar-refractivity contribution is 9.10. The fraction of sp³-hybridized carbons (Fsp3) is 0.625. The standard InChI is InChI=1S/C16H19BrO2/c1-19-12-5-4-10(7-11(12)17)16(18)15-13-8-2-3-9(6-8)14(13)15/h4-5,7-9,13-16,18H,2-3,6H2,1H3. The summed E-state index contributed by atoms with van der Waals surface area (Å²) in [5.74, 6) is 4.80. The Morgan fingerprint density at radius 1 is 1.26 bits per heavy atom. The molecule has 1 N–H and O–H groups in total. The summed E-state index contributed by atoms with van der Waals surface area (Å²) in [6.07, 6.45) is 3.95. The molecule has 0 aromatic heterocycles. The molecule has 4 rings (SSSR count). The van der Waals surface area contributed by atoms with Crippen molar-refractivity contribution in [2.75, 3.05) is 7.11 Å². The van der Waals surface area contributed by atoms with Gasteiger partial charge >= 0.3 is 0 Å². The van der Waals surface area contributed by atoms with Gasteiger partial charge in [-0.05, 0) is 82.5 Å². The Labute approximate surface area is 122 Å².